The topological polar surface area (TPSA) is 343 Å². The molecule has 2 aliphatic heterocycles. The maximum absolute atomic E-state index is 13.9. The van der Waals surface area contributed by atoms with Gasteiger partial charge in [0.15, 0.2) is 23.1 Å². The second-order valence-electron chi connectivity index (χ2n) is 39.0. The zero-order valence-electron chi connectivity index (χ0n) is 72.6. The van der Waals surface area contributed by atoms with E-state index in [-0.39, 0.29) is 120 Å². The predicted octanol–water partition coefficient (Wildman–Crippen LogP) is 12.6. The van der Waals surface area contributed by atoms with Crippen LogP contribution in [0, 0.1) is 52.3 Å². The Kier molecular flexibility index (Phi) is 34.3. The molecule has 20 atom stereocenters. The Labute approximate surface area is 661 Å². The highest BCUT2D eigenvalue weighted by Crippen LogP contribution is 2.67. The summed E-state index contributed by atoms with van der Waals surface area (Å²) >= 11 is 0. The number of unbranched alkanes of at least 4 members (excludes halogenated alkanes) is 4. The highest BCUT2D eigenvalue weighted by molar-refractivity contribution is 6.48. The largest absolute Gasteiger partial charge is 0.461 e. The minimum atomic E-state index is -1.09. The lowest BCUT2D eigenvalue weighted by atomic mass is 9.43. The van der Waals surface area contributed by atoms with Gasteiger partial charge in [0, 0.05) is 56.5 Å². The van der Waals surface area contributed by atoms with Crippen LogP contribution in [0.2, 0.25) is 11.6 Å². The second kappa shape index (κ2) is 39.5. The molecule has 8 fully saturated rings. The second-order valence-corrected chi connectivity index (χ2v) is 39.0. The number of nitrogens with one attached hydrogen (secondary N) is 6. The molecular weight excluding hydrogens is 1400 g/mol. The van der Waals surface area contributed by atoms with Crippen LogP contribution in [0.25, 0.3) is 0 Å². The Balaban J connectivity index is 0.000000394. The Bertz CT molecular complexity index is 2930. The van der Waals surface area contributed by atoms with Gasteiger partial charge in [-0.1, -0.05) is 115 Å². The molecule has 8 rings (SSSR count). The van der Waals surface area contributed by atoms with Crippen LogP contribution in [0.15, 0.2) is 0 Å². The van der Waals surface area contributed by atoms with Gasteiger partial charge in [-0.2, -0.15) is 0 Å². The van der Waals surface area contributed by atoms with Crippen LogP contribution in [0.3, 0.4) is 0 Å². The third kappa shape index (κ3) is 27.0. The summed E-state index contributed by atoms with van der Waals surface area (Å²) in [5, 5.41) is 16.8. The van der Waals surface area contributed by atoms with Crippen molar-refractivity contribution >= 4 is 73.2 Å². The summed E-state index contributed by atoms with van der Waals surface area (Å²) in [5.74, 6) is -3.04. The van der Waals surface area contributed by atoms with Crippen molar-refractivity contribution in [1.82, 2.24) is 31.9 Å². The number of rotatable bonds is 40. The average Bonchev–Trinajstić information content (AvgIpc) is 1.43. The van der Waals surface area contributed by atoms with Gasteiger partial charge in [-0.3, -0.25) is 38.4 Å². The minimum absolute atomic E-state index is 0.0206. The predicted molar refractivity (Wildman–Crippen MR) is 427 cm³/mol. The molecule has 110 heavy (non-hydrogen) atoms. The molecule has 0 radical (unpaired) electrons. The number of carbonyl (C=O) groups is 10. The SMILES string of the molecule is CCCCC[C@H](NC(=O)[C@H](C)CC(=O)[C@@H](NC(=O)[C@@H](C)CCNC(=O)OC(C)(C)C)[C@@H](C)OC(C)(C)C)C(=O)C[C@@H](C)B1OC2C[C@@H]3C[C@@H](C3(C)C)[C@]2(C)O1.CCCCC[C@H](NC(=O)[C@H](C)CC(=O)[C@@H](NC(=O)[C@@H](N)CCNC(=O)OC(C)(C)C)[C@@H](C)OC(C)(C)C)C(=O)C[C@@H](C)B1OC2C[C@@H]3C[C@@H](C3(C)C)[C@]2(C)O1. The van der Waals surface area contributed by atoms with Crippen LogP contribution in [0.5, 0.6) is 0 Å². The zero-order valence-corrected chi connectivity index (χ0v) is 72.6. The third-order valence-corrected chi connectivity index (χ3v) is 23.9. The summed E-state index contributed by atoms with van der Waals surface area (Å²) in [6.07, 6.45) is 8.47. The summed E-state index contributed by atoms with van der Waals surface area (Å²) in [6.45, 7) is 52.2. The quantitative estimate of drug-likeness (QED) is 0.0221. The Morgan fingerprint density at radius 3 is 1.12 bits per heavy atom. The summed E-state index contributed by atoms with van der Waals surface area (Å²) in [6, 6.07) is -4.55. The smallest absolute Gasteiger partial charge is 0.444 e. The number of Topliss-reactive ketones (excluding diaryl/α,β-unsaturated/α-hetero) is 4. The Morgan fingerprint density at radius 1 is 0.436 bits per heavy atom. The van der Waals surface area contributed by atoms with Crippen molar-refractivity contribution in [2.45, 2.75) is 402 Å². The van der Waals surface area contributed by atoms with Crippen LogP contribution in [-0.4, -0.2) is 175 Å². The molecule has 0 aromatic heterocycles. The number of carbonyl (C=O) groups excluding carboxylic acids is 10. The van der Waals surface area contributed by atoms with Gasteiger partial charge in [-0.25, -0.2) is 9.59 Å². The van der Waals surface area contributed by atoms with Crippen LogP contribution >= 0.6 is 0 Å². The van der Waals surface area contributed by atoms with E-state index in [1.165, 1.54) is 0 Å². The Morgan fingerprint density at radius 2 is 0.782 bits per heavy atom. The van der Waals surface area contributed by atoms with Crippen LogP contribution in [0.1, 0.15) is 303 Å². The first-order chi connectivity index (χ1) is 50.6. The monoisotopic (exact) mass is 1550 g/mol. The number of ether oxygens (including phenoxy) is 4. The molecule has 0 aromatic rings. The molecule has 2 saturated heterocycles. The molecule has 2 heterocycles. The van der Waals surface area contributed by atoms with E-state index in [9.17, 15) is 47.9 Å². The number of hydrogen-bond acceptors (Lipinski definition) is 19. The molecule has 0 spiro atoms. The fourth-order valence-electron chi connectivity index (χ4n) is 17.2. The Hall–Kier alpha value is -5.05. The molecule has 8 N–H and O–H groups in total. The number of nitrogens with two attached hydrogens (primary N) is 1. The van der Waals surface area contributed by atoms with Crippen LogP contribution in [-0.2, 0) is 75.9 Å². The standard InChI is InChI=1S/C42H74BN3O9.C41H73BN4O9/c1-15-16-17-18-30(31(47)22-27(4)43-54-34-24-29-23-33(41(29,12)13)42(34,14)55-43)45-37(50)26(3)21-32(48)35(28(5)52-39(6,7)8)46-36(49)25(2)19-20-44-38(51)53-40(9,10)11;1-14-15-16-17-29(30(47)21-25(3)42-54-33-23-27-22-32(40(27,11)12)41(33,13)55-42)45-35(49)24(2)20-31(48)34(26(4)52-38(5,6)7)46-36(50)28(43)18-19-44-37(51)53-39(8,9)10/h25-30,33-35H,15-24H2,1-14H3,(H,44,51)(H,45,50)(H,46,49);24-29,32-34H,14-23,43H2,1-13H3,(H,44,51)(H,45,49)(H,46,50)/t25-,26+,27+,28+,29-,30-,33-,34?,35-,42-;24-,25-,26-,27+,28+,29+,32+,33?,34+,41+/m01/s1. The molecule has 2 unspecified atom stereocenters. The first-order valence-corrected chi connectivity index (χ1v) is 41.6. The van der Waals surface area contributed by atoms with Gasteiger partial charge in [0.1, 0.15) is 23.3 Å². The first-order valence-electron chi connectivity index (χ1n) is 41.6. The average molecular weight is 1550 g/mol. The minimum Gasteiger partial charge on any atom is -0.444 e. The lowest BCUT2D eigenvalue weighted by Gasteiger charge is -2.64. The molecule has 27 heteroatoms. The lowest BCUT2D eigenvalue weighted by molar-refractivity contribution is -0.199. The fourth-order valence-corrected chi connectivity index (χ4v) is 17.2. The molecule has 6 aliphatic carbocycles. The number of hydrogen-bond donors (Lipinski definition) is 7. The van der Waals surface area contributed by atoms with E-state index < -0.39 is 127 Å². The zero-order chi connectivity index (χ0) is 83.4. The lowest BCUT2D eigenvalue weighted by Crippen LogP contribution is -2.65. The third-order valence-electron chi connectivity index (χ3n) is 23.9. The van der Waals surface area contributed by atoms with Gasteiger partial charge >= 0.3 is 26.4 Å². The molecule has 8 aliphatic rings. The van der Waals surface area contributed by atoms with Crippen molar-refractivity contribution in [1.29, 1.82) is 0 Å². The van der Waals surface area contributed by atoms with Gasteiger partial charge in [-0.15, -0.1) is 0 Å². The van der Waals surface area contributed by atoms with Gasteiger partial charge in [0.05, 0.1) is 64.9 Å². The molecule has 0 aromatic carbocycles. The van der Waals surface area contributed by atoms with Crippen molar-refractivity contribution in [3.05, 3.63) is 0 Å². The van der Waals surface area contributed by atoms with E-state index in [1.54, 1.807) is 76.2 Å². The van der Waals surface area contributed by atoms with E-state index in [0.717, 1.165) is 64.2 Å². The summed E-state index contributed by atoms with van der Waals surface area (Å²) in [5.41, 5.74) is 3.32. The molecule has 25 nitrogen and oxygen atoms in total. The van der Waals surface area contributed by atoms with Gasteiger partial charge < -0.3 is 75.2 Å². The normalized spacial score (nSPS) is 26.3. The van der Waals surface area contributed by atoms with Crippen molar-refractivity contribution in [3.8, 4) is 0 Å². The summed E-state index contributed by atoms with van der Waals surface area (Å²) in [4.78, 5) is 133. The molecule has 4 bridgehead atoms. The van der Waals surface area contributed by atoms with Crippen LogP contribution < -0.4 is 37.6 Å². The van der Waals surface area contributed by atoms with E-state index in [4.69, 9.17) is 43.3 Å². The van der Waals surface area contributed by atoms with E-state index in [0.29, 0.717) is 42.9 Å². The number of ketones is 4. The van der Waals surface area contributed by atoms with E-state index in [1.807, 2.05) is 55.4 Å². The van der Waals surface area contributed by atoms with Crippen molar-refractivity contribution in [2.75, 3.05) is 13.1 Å². The van der Waals surface area contributed by atoms with E-state index in [2.05, 4.69) is 87.3 Å². The number of amides is 6. The summed E-state index contributed by atoms with van der Waals surface area (Å²) in [7, 11) is -0.970. The highest BCUT2D eigenvalue weighted by Gasteiger charge is 2.70. The van der Waals surface area contributed by atoms with Crippen molar-refractivity contribution < 1.29 is 85.5 Å². The molecular formula is C83H147B2N7O18. The molecule has 628 valence electrons. The molecule has 6 saturated carbocycles. The highest BCUT2D eigenvalue weighted by atomic mass is 16.7. The van der Waals surface area contributed by atoms with E-state index >= 15 is 0 Å². The van der Waals surface area contributed by atoms with Crippen LogP contribution in [0.4, 0.5) is 9.59 Å². The maximum Gasteiger partial charge on any atom is 0.461 e. The van der Waals surface area contributed by atoms with Gasteiger partial charge in [0.25, 0.3) is 0 Å². The summed E-state index contributed by atoms with van der Waals surface area (Å²) < 4.78 is 48.9. The first kappa shape index (κ1) is 95.5. The number of alkyl carbamates (subject to hydrolysis) is 2. The van der Waals surface area contributed by atoms with Gasteiger partial charge in [0.2, 0.25) is 23.6 Å². The molecule has 6 amide bonds. The maximum atomic E-state index is 13.9. The fraction of sp³-hybridized carbons (Fsp3) is 0.880. The van der Waals surface area contributed by atoms with Crippen molar-refractivity contribution in [3.63, 3.8) is 0 Å². The van der Waals surface area contributed by atoms with Crippen molar-refractivity contribution in [2.24, 2.45) is 58.0 Å². The van der Waals surface area contributed by atoms with Gasteiger partial charge in [-0.05, 0) is 208 Å².